The minimum absolute atomic E-state index is 0.573. The van der Waals surface area contributed by atoms with Crippen molar-refractivity contribution in [2.24, 2.45) is 0 Å². The molecular weight excluding hydrogens is 346 g/mol. The van der Waals surface area contributed by atoms with Crippen molar-refractivity contribution in [2.75, 3.05) is 6.54 Å². The third-order valence-electron chi connectivity index (χ3n) is 4.57. The molecule has 1 N–H and O–H groups in total. The number of fused-ring (bicyclic) bond motifs is 1. The van der Waals surface area contributed by atoms with Crippen molar-refractivity contribution in [1.82, 2.24) is 14.9 Å². The third-order valence-corrected chi connectivity index (χ3v) is 6.30. The number of H-pyrrole nitrogens is 1. The van der Waals surface area contributed by atoms with Crippen LogP contribution in [0.15, 0.2) is 40.2 Å². The number of thiazole rings is 1. The van der Waals surface area contributed by atoms with Gasteiger partial charge in [0.25, 0.3) is 0 Å². The number of benzene rings is 1. The summed E-state index contributed by atoms with van der Waals surface area (Å²) >= 11 is 3.55. The van der Waals surface area contributed by atoms with Crippen LogP contribution in [0.5, 0.6) is 0 Å². The molecule has 0 aliphatic carbocycles. The van der Waals surface area contributed by atoms with Crippen LogP contribution in [0.25, 0.3) is 10.9 Å². The lowest BCUT2D eigenvalue weighted by atomic mass is 10.1. The molecule has 3 rings (SSSR count). The van der Waals surface area contributed by atoms with E-state index < -0.39 is 0 Å². The molecule has 0 spiro atoms. The number of rotatable bonds is 8. The number of nitrogens with zero attached hydrogens (tertiary/aromatic N) is 2. The average Bonchev–Trinajstić information content (AvgIpc) is 3.22. The second-order valence-corrected chi connectivity index (χ2v) is 8.67. The van der Waals surface area contributed by atoms with Gasteiger partial charge in [-0.1, -0.05) is 6.07 Å². The predicted molar refractivity (Wildman–Crippen MR) is 111 cm³/mol. The smallest absolute Gasteiger partial charge is 0.0795 e. The van der Waals surface area contributed by atoms with Crippen molar-refractivity contribution in [1.29, 1.82) is 0 Å². The number of aromatic amines is 1. The van der Waals surface area contributed by atoms with Gasteiger partial charge in [0.05, 0.1) is 11.2 Å². The van der Waals surface area contributed by atoms with Crippen LogP contribution in [0.2, 0.25) is 0 Å². The average molecular weight is 374 g/mol. The standard InChI is InChI=1S/C20H27N3S2/c1-14(2)23(15(3)4)9-8-16-10-21-18-6-5-7-19(20(16)18)25-12-17-11-24-13-22-17/h5-7,10-11,13-15,21H,8-9,12H2,1-4H3. The Kier molecular flexibility index (Phi) is 6.20. The molecule has 0 bridgehead atoms. The zero-order chi connectivity index (χ0) is 17.8. The van der Waals surface area contributed by atoms with E-state index in [-0.39, 0.29) is 0 Å². The molecule has 2 aromatic heterocycles. The van der Waals surface area contributed by atoms with E-state index in [2.05, 4.69) is 72.3 Å². The predicted octanol–water partition coefficient (Wildman–Crippen LogP) is 5.58. The maximum absolute atomic E-state index is 4.40. The first-order chi connectivity index (χ1) is 12.1. The summed E-state index contributed by atoms with van der Waals surface area (Å²) in [7, 11) is 0. The Hall–Kier alpha value is -1.30. The van der Waals surface area contributed by atoms with Gasteiger partial charge in [-0.3, -0.25) is 4.90 Å². The fourth-order valence-electron chi connectivity index (χ4n) is 3.36. The van der Waals surface area contributed by atoms with Crippen LogP contribution in [0.4, 0.5) is 0 Å². The monoisotopic (exact) mass is 373 g/mol. The van der Waals surface area contributed by atoms with Crippen molar-refractivity contribution in [3.63, 3.8) is 0 Å². The maximum atomic E-state index is 4.40. The fourth-order valence-corrected chi connectivity index (χ4v) is 5.05. The molecule has 0 aliphatic heterocycles. The highest BCUT2D eigenvalue weighted by Crippen LogP contribution is 2.32. The van der Waals surface area contributed by atoms with Gasteiger partial charge >= 0.3 is 0 Å². The van der Waals surface area contributed by atoms with Gasteiger partial charge in [-0.15, -0.1) is 23.1 Å². The minimum Gasteiger partial charge on any atom is -0.361 e. The van der Waals surface area contributed by atoms with Crippen LogP contribution in [-0.4, -0.2) is 33.5 Å². The first-order valence-electron chi connectivity index (χ1n) is 8.91. The summed E-state index contributed by atoms with van der Waals surface area (Å²) in [5.74, 6) is 0.928. The van der Waals surface area contributed by atoms with E-state index in [0.29, 0.717) is 12.1 Å². The molecule has 0 saturated heterocycles. The van der Waals surface area contributed by atoms with Gasteiger partial charge in [0.15, 0.2) is 0 Å². The van der Waals surface area contributed by atoms with Crippen molar-refractivity contribution in [3.05, 3.63) is 46.5 Å². The zero-order valence-corrected chi connectivity index (χ0v) is 17.1. The lowest BCUT2D eigenvalue weighted by Gasteiger charge is -2.30. The molecular formula is C20H27N3S2. The highest BCUT2D eigenvalue weighted by atomic mass is 32.2. The van der Waals surface area contributed by atoms with Gasteiger partial charge in [0, 0.05) is 51.8 Å². The van der Waals surface area contributed by atoms with Gasteiger partial charge in [0.2, 0.25) is 0 Å². The summed E-state index contributed by atoms with van der Waals surface area (Å²) in [5.41, 5.74) is 5.72. The van der Waals surface area contributed by atoms with Crippen LogP contribution < -0.4 is 0 Å². The summed E-state index contributed by atoms with van der Waals surface area (Å²) in [6.07, 6.45) is 3.26. The highest BCUT2D eigenvalue weighted by Gasteiger charge is 2.15. The first kappa shape index (κ1) is 18.5. The molecule has 0 unspecified atom stereocenters. The van der Waals surface area contributed by atoms with Crippen LogP contribution in [0.3, 0.4) is 0 Å². The first-order valence-corrected chi connectivity index (χ1v) is 10.8. The van der Waals surface area contributed by atoms with E-state index >= 15 is 0 Å². The molecule has 0 amide bonds. The van der Waals surface area contributed by atoms with E-state index in [1.807, 2.05) is 17.3 Å². The Morgan fingerprint density at radius 1 is 1.20 bits per heavy atom. The number of hydrogen-bond acceptors (Lipinski definition) is 4. The SMILES string of the molecule is CC(C)N(CCc1c[nH]c2cccc(SCc3cscn3)c12)C(C)C. The second kappa shape index (κ2) is 8.39. The molecule has 134 valence electrons. The molecule has 1 aromatic carbocycles. The molecule has 3 nitrogen and oxygen atoms in total. The molecule has 0 aliphatic rings. The van der Waals surface area contributed by atoms with Crippen LogP contribution in [0.1, 0.15) is 39.0 Å². The third kappa shape index (κ3) is 4.46. The van der Waals surface area contributed by atoms with Gasteiger partial charge in [-0.2, -0.15) is 0 Å². The van der Waals surface area contributed by atoms with Crippen LogP contribution >= 0.6 is 23.1 Å². The second-order valence-electron chi connectivity index (χ2n) is 6.94. The van der Waals surface area contributed by atoms with Crippen molar-refractivity contribution >= 4 is 34.0 Å². The quantitative estimate of drug-likeness (QED) is 0.523. The summed E-state index contributed by atoms with van der Waals surface area (Å²) < 4.78 is 0. The molecule has 3 aromatic rings. The summed E-state index contributed by atoms with van der Waals surface area (Å²) in [6.45, 7) is 10.2. The number of thioether (sulfide) groups is 1. The summed E-state index contributed by atoms with van der Waals surface area (Å²) in [4.78, 5) is 11.8. The highest BCUT2D eigenvalue weighted by molar-refractivity contribution is 7.98. The molecule has 2 heterocycles. The minimum atomic E-state index is 0.573. The Morgan fingerprint density at radius 2 is 2.00 bits per heavy atom. The Bertz CT molecular complexity index is 782. The van der Waals surface area contributed by atoms with E-state index in [9.17, 15) is 0 Å². The van der Waals surface area contributed by atoms with Crippen molar-refractivity contribution in [2.45, 2.75) is 56.8 Å². The van der Waals surface area contributed by atoms with E-state index in [4.69, 9.17) is 0 Å². The zero-order valence-electron chi connectivity index (χ0n) is 15.5. The van der Waals surface area contributed by atoms with Crippen LogP contribution in [-0.2, 0) is 12.2 Å². The van der Waals surface area contributed by atoms with Gasteiger partial charge in [0.1, 0.15) is 0 Å². The van der Waals surface area contributed by atoms with Crippen molar-refractivity contribution < 1.29 is 0 Å². The maximum Gasteiger partial charge on any atom is 0.0795 e. The Labute approximate surface area is 158 Å². The van der Waals surface area contributed by atoms with E-state index in [1.54, 1.807) is 11.3 Å². The lowest BCUT2D eigenvalue weighted by Crippen LogP contribution is -2.38. The fraction of sp³-hybridized carbons (Fsp3) is 0.450. The van der Waals surface area contributed by atoms with Gasteiger partial charge in [-0.05, 0) is 51.8 Å². The molecule has 0 atom stereocenters. The number of hydrogen-bond donors (Lipinski definition) is 1. The lowest BCUT2D eigenvalue weighted by molar-refractivity contribution is 0.177. The topological polar surface area (TPSA) is 31.9 Å². The molecule has 0 radical (unpaired) electrons. The molecule has 0 saturated carbocycles. The van der Waals surface area contributed by atoms with Gasteiger partial charge in [-0.25, -0.2) is 4.98 Å². The molecule has 25 heavy (non-hydrogen) atoms. The number of aromatic nitrogens is 2. The Morgan fingerprint density at radius 3 is 2.68 bits per heavy atom. The summed E-state index contributed by atoms with van der Waals surface area (Å²) in [5, 5.41) is 3.52. The largest absolute Gasteiger partial charge is 0.361 e. The Balaban J connectivity index is 1.79. The normalized spacial score (nSPS) is 12.1. The molecule has 0 fully saturated rings. The van der Waals surface area contributed by atoms with Gasteiger partial charge < -0.3 is 4.98 Å². The van der Waals surface area contributed by atoms with E-state index in [0.717, 1.165) is 24.4 Å². The van der Waals surface area contributed by atoms with Crippen LogP contribution in [0, 0.1) is 0 Å². The number of nitrogens with one attached hydrogen (secondary N) is 1. The molecule has 5 heteroatoms. The van der Waals surface area contributed by atoms with E-state index in [1.165, 1.54) is 21.4 Å². The summed E-state index contributed by atoms with van der Waals surface area (Å²) in [6, 6.07) is 7.70. The van der Waals surface area contributed by atoms with Crippen molar-refractivity contribution in [3.8, 4) is 0 Å².